The van der Waals surface area contributed by atoms with E-state index in [9.17, 15) is 9.59 Å². The van der Waals surface area contributed by atoms with Gasteiger partial charge in [-0.1, -0.05) is 28.1 Å². The van der Waals surface area contributed by atoms with E-state index in [-0.39, 0.29) is 17.8 Å². The first-order chi connectivity index (χ1) is 10.2. The van der Waals surface area contributed by atoms with E-state index in [1.807, 2.05) is 45.0 Å². The summed E-state index contributed by atoms with van der Waals surface area (Å²) < 4.78 is 6.35. The van der Waals surface area contributed by atoms with Gasteiger partial charge in [0.25, 0.3) is 0 Å². The maximum absolute atomic E-state index is 12.4. The van der Waals surface area contributed by atoms with Crippen LogP contribution in [0.5, 0.6) is 0 Å². The summed E-state index contributed by atoms with van der Waals surface area (Å²) in [6, 6.07) is 7.76. The van der Waals surface area contributed by atoms with E-state index in [0.29, 0.717) is 25.9 Å². The van der Waals surface area contributed by atoms with Crippen molar-refractivity contribution in [1.29, 1.82) is 0 Å². The van der Waals surface area contributed by atoms with Crippen molar-refractivity contribution in [2.45, 2.75) is 39.2 Å². The summed E-state index contributed by atoms with van der Waals surface area (Å²) in [6.45, 7) is 6.58. The van der Waals surface area contributed by atoms with Gasteiger partial charge in [-0.3, -0.25) is 4.79 Å². The first kappa shape index (κ1) is 17.0. The van der Waals surface area contributed by atoms with Crippen molar-refractivity contribution in [3.63, 3.8) is 0 Å². The number of ether oxygens (including phenoxy) is 1. The molecular formula is C17H22BrNO3. The fourth-order valence-electron chi connectivity index (χ4n) is 2.46. The normalized spacial score (nSPS) is 18.4. The molecule has 0 saturated carbocycles. The lowest BCUT2D eigenvalue weighted by atomic mass is 9.97. The number of ketones is 1. The second-order valence-electron chi connectivity index (χ2n) is 6.68. The standard InChI is InChI=1S/C17H22BrNO3/c1-17(2,3)22-16(21)19-9-8-13(11-19)15(20)10-12-4-6-14(18)7-5-12/h4-7,13H,8-11H2,1-3H3. The quantitative estimate of drug-likeness (QED) is 0.815. The molecule has 0 bridgehead atoms. The largest absolute Gasteiger partial charge is 0.444 e. The monoisotopic (exact) mass is 367 g/mol. The van der Waals surface area contributed by atoms with Crippen LogP contribution < -0.4 is 0 Å². The smallest absolute Gasteiger partial charge is 0.410 e. The number of Topliss-reactive ketones (excluding diaryl/α,β-unsaturated/α-hetero) is 1. The fourth-order valence-corrected chi connectivity index (χ4v) is 2.73. The van der Waals surface area contributed by atoms with Crippen LogP contribution in [-0.4, -0.2) is 35.5 Å². The number of likely N-dealkylation sites (tertiary alicyclic amines) is 1. The molecule has 0 spiro atoms. The second-order valence-corrected chi connectivity index (χ2v) is 7.60. The molecule has 1 unspecified atom stereocenters. The van der Waals surface area contributed by atoms with Gasteiger partial charge in [0.15, 0.2) is 0 Å². The average Bonchev–Trinajstić information content (AvgIpc) is 2.89. The SMILES string of the molecule is CC(C)(C)OC(=O)N1CCC(C(=O)Cc2ccc(Br)cc2)C1. The summed E-state index contributed by atoms with van der Waals surface area (Å²) in [5.41, 5.74) is 0.500. The molecule has 1 heterocycles. The zero-order valence-electron chi connectivity index (χ0n) is 13.3. The minimum Gasteiger partial charge on any atom is -0.444 e. The molecule has 1 atom stereocenters. The van der Waals surface area contributed by atoms with E-state index in [1.165, 1.54) is 0 Å². The van der Waals surface area contributed by atoms with Gasteiger partial charge in [0, 0.05) is 29.9 Å². The Labute approximate surface area is 140 Å². The van der Waals surface area contributed by atoms with Crippen LogP contribution in [0, 0.1) is 5.92 Å². The summed E-state index contributed by atoms with van der Waals surface area (Å²) in [7, 11) is 0. The first-order valence-electron chi connectivity index (χ1n) is 7.50. The number of benzene rings is 1. The third kappa shape index (κ3) is 4.83. The molecule has 1 aliphatic heterocycles. The molecule has 5 heteroatoms. The Bertz CT molecular complexity index is 548. The van der Waals surface area contributed by atoms with Gasteiger partial charge in [-0.05, 0) is 44.9 Å². The zero-order chi connectivity index (χ0) is 16.3. The van der Waals surface area contributed by atoms with E-state index < -0.39 is 5.60 Å². The van der Waals surface area contributed by atoms with Crippen molar-refractivity contribution in [1.82, 2.24) is 4.90 Å². The predicted octanol–water partition coefficient (Wildman–Crippen LogP) is 3.82. The highest BCUT2D eigenvalue weighted by Gasteiger charge is 2.33. The number of carbonyl (C=O) groups is 2. The molecule has 1 aromatic carbocycles. The number of rotatable bonds is 3. The molecule has 1 aliphatic rings. The molecule has 1 saturated heterocycles. The molecular weight excluding hydrogens is 346 g/mol. The van der Waals surface area contributed by atoms with Crippen molar-refractivity contribution in [2.75, 3.05) is 13.1 Å². The van der Waals surface area contributed by atoms with Gasteiger partial charge in [-0.2, -0.15) is 0 Å². The molecule has 1 aromatic rings. The Kier molecular flexibility index (Phi) is 5.27. The second kappa shape index (κ2) is 6.82. The fraction of sp³-hybridized carbons (Fsp3) is 0.529. The molecule has 120 valence electrons. The van der Waals surface area contributed by atoms with E-state index in [0.717, 1.165) is 10.0 Å². The Morgan fingerprint density at radius 1 is 1.27 bits per heavy atom. The van der Waals surface area contributed by atoms with E-state index in [4.69, 9.17) is 4.74 Å². The Hall–Kier alpha value is -1.36. The number of nitrogens with zero attached hydrogens (tertiary/aromatic N) is 1. The van der Waals surface area contributed by atoms with Crippen LogP contribution in [-0.2, 0) is 16.0 Å². The molecule has 0 radical (unpaired) electrons. The lowest BCUT2D eigenvalue weighted by molar-refractivity contribution is -0.121. The Balaban J connectivity index is 1.88. The van der Waals surface area contributed by atoms with Crippen LogP contribution in [0.3, 0.4) is 0 Å². The number of amides is 1. The van der Waals surface area contributed by atoms with Crippen LogP contribution in [0.2, 0.25) is 0 Å². The summed E-state index contributed by atoms with van der Waals surface area (Å²) >= 11 is 3.38. The van der Waals surface area contributed by atoms with Gasteiger partial charge in [0.1, 0.15) is 11.4 Å². The van der Waals surface area contributed by atoms with Gasteiger partial charge >= 0.3 is 6.09 Å². The van der Waals surface area contributed by atoms with E-state index >= 15 is 0 Å². The Morgan fingerprint density at radius 2 is 1.91 bits per heavy atom. The Morgan fingerprint density at radius 3 is 2.50 bits per heavy atom. The zero-order valence-corrected chi connectivity index (χ0v) is 14.9. The average molecular weight is 368 g/mol. The highest BCUT2D eigenvalue weighted by Crippen LogP contribution is 2.22. The maximum Gasteiger partial charge on any atom is 0.410 e. The third-order valence-corrected chi connectivity index (χ3v) is 4.12. The number of carbonyl (C=O) groups excluding carboxylic acids is 2. The van der Waals surface area contributed by atoms with E-state index in [2.05, 4.69) is 15.9 Å². The van der Waals surface area contributed by atoms with Crippen molar-refractivity contribution in [3.8, 4) is 0 Å². The maximum atomic E-state index is 12.4. The van der Waals surface area contributed by atoms with Crippen molar-refractivity contribution >= 4 is 27.8 Å². The van der Waals surface area contributed by atoms with Crippen molar-refractivity contribution in [3.05, 3.63) is 34.3 Å². The van der Waals surface area contributed by atoms with Gasteiger partial charge in [-0.15, -0.1) is 0 Å². The van der Waals surface area contributed by atoms with Crippen LogP contribution in [0.4, 0.5) is 4.79 Å². The van der Waals surface area contributed by atoms with Gasteiger partial charge in [0.2, 0.25) is 0 Å². The molecule has 0 N–H and O–H groups in total. The number of hydrogen-bond donors (Lipinski definition) is 0. The molecule has 2 rings (SSSR count). The van der Waals surface area contributed by atoms with Gasteiger partial charge in [0.05, 0.1) is 0 Å². The molecule has 0 aliphatic carbocycles. The predicted molar refractivity (Wildman–Crippen MR) is 88.8 cm³/mol. The summed E-state index contributed by atoms with van der Waals surface area (Å²) in [6.07, 6.45) is 0.806. The molecule has 1 fully saturated rings. The molecule has 0 aromatic heterocycles. The van der Waals surface area contributed by atoms with Crippen molar-refractivity contribution < 1.29 is 14.3 Å². The summed E-state index contributed by atoms with van der Waals surface area (Å²) in [4.78, 5) is 26.0. The minimum absolute atomic E-state index is 0.0869. The van der Waals surface area contributed by atoms with Crippen LogP contribution >= 0.6 is 15.9 Å². The molecule has 1 amide bonds. The van der Waals surface area contributed by atoms with Crippen LogP contribution in [0.15, 0.2) is 28.7 Å². The molecule has 22 heavy (non-hydrogen) atoms. The number of hydrogen-bond acceptors (Lipinski definition) is 3. The topological polar surface area (TPSA) is 46.6 Å². The van der Waals surface area contributed by atoms with Crippen LogP contribution in [0.1, 0.15) is 32.8 Å². The summed E-state index contributed by atoms with van der Waals surface area (Å²) in [5.74, 6) is 0.101. The van der Waals surface area contributed by atoms with Crippen LogP contribution in [0.25, 0.3) is 0 Å². The lowest BCUT2D eigenvalue weighted by Gasteiger charge is -2.24. The third-order valence-electron chi connectivity index (χ3n) is 3.59. The van der Waals surface area contributed by atoms with Crippen molar-refractivity contribution in [2.24, 2.45) is 5.92 Å². The highest BCUT2D eigenvalue weighted by atomic mass is 79.9. The minimum atomic E-state index is -0.503. The molecule has 4 nitrogen and oxygen atoms in total. The lowest BCUT2D eigenvalue weighted by Crippen LogP contribution is -2.36. The van der Waals surface area contributed by atoms with Gasteiger partial charge in [-0.25, -0.2) is 4.79 Å². The highest BCUT2D eigenvalue weighted by molar-refractivity contribution is 9.10. The number of halogens is 1. The summed E-state index contributed by atoms with van der Waals surface area (Å²) in [5, 5.41) is 0. The van der Waals surface area contributed by atoms with Gasteiger partial charge < -0.3 is 9.64 Å². The first-order valence-corrected chi connectivity index (χ1v) is 8.29. The van der Waals surface area contributed by atoms with E-state index in [1.54, 1.807) is 4.90 Å².